The Bertz CT molecular complexity index is 520. The molecule has 0 aliphatic carbocycles. The molecule has 0 atom stereocenters. The summed E-state index contributed by atoms with van der Waals surface area (Å²) in [5.74, 6) is -1.55. The maximum atomic E-state index is 12.4. The third-order valence-corrected chi connectivity index (χ3v) is 3.53. The molecular weight excluding hydrogens is 336 g/mol. The predicted molar refractivity (Wildman–Crippen MR) is 75.4 cm³/mol. The molecule has 1 amide bonds. The molecule has 19 heavy (non-hydrogen) atoms. The Hall–Kier alpha value is -1.14. The summed E-state index contributed by atoms with van der Waals surface area (Å²) in [5.41, 5.74) is -1.15. The van der Waals surface area contributed by atoms with Crippen LogP contribution < -0.4 is 0 Å². The van der Waals surface area contributed by atoms with Gasteiger partial charge in [-0.05, 0) is 42.8 Å². The number of carboxylic acids is 1. The van der Waals surface area contributed by atoms with Gasteiger partial charge in [0.15, 0.2) is 0 Å². The van der Waals surface area contributed by atoms with Gasteiger partial charge in [-0.1, -0.05) is 11.6 Å². The summed E-state index contributed by atoms with van der Waals surface area (Å²) in [5, 5.41) is 9.26. The minimum atomic E-state index is -1.32. The Kier molecular flexibility index (Phi) is 4.92. The van der Waals surface area contributed by atoms with E-state index in [1.807, 2.05) is 0 Å². The quantitative estimate of drug-likeness (QED) is 0.849. The summed E-state index contributed by atoms with van der Waals surface area (Å²) >= 11 is 9.10. The highest BCUT2D eigenvalue weighted by Crippen LogP contribution is 2.23. The van der Waals surface area contributed by atoms with Crippen molar-refractivity contribution in [3.63, 3.8) is 0 Å². The van der Waals surface area contributed by atoms with Crippen molar-refractivity contribution in [1.82, 2.24) is 9.88 Å². The zero-order valence-corrected chi connectivity index (χ0v) is 13.1. The van der Waals surface area contributed by atoms with E-state index in [9.17, 15) is 14.7 Å². The van der Waals surface area contributed by atoms with Crippen molar-refractivity contribution in [2.75, 3.05) is 6.54 Å². The molecule has 0 aromatic carbocycles. The van der Waals surface area contributed by atoms with Crippen LogP contribution in [0.25, 0.3) is 0 Å². The smallest absolute Gasteiger partial charge is 0.329 e. The number of carboxylic acid groups (broad SMARTS) is 1. The monoisotopic (exact) mass is 348 g/mol. The highest BCUT2D eigenvalue weighted by atomic mass is 79.9. The molecular formula is C12H14BrClN2O3. The van der Waals surface area contributed by atoms with E-state index in [0.29, 0.717) is 4.47 Å². The first-order chi connectivity index (χ1) is 8.71. The maximum Gasteiger partial charge on any atom is 0.329 e. The van der Waals surface area contributed by atoms with E-state index in [4.69, 9.17) is 11.6 Å². The van der Waals surface area contributed by atoms with Crippen LogP contribution in [0.15, 0.2) is 16.7 Å². The van der Waals surface area contributed by atoms with E-state index in [0.717, 1.165) is 0 Å². The molecule has 0 aliphatic rings. The van der Waals surface area contributed by atoms with Crippen LogP contribution in [0.4, 0.5) is 0 Å². The van der Waals surface area contributed by atoms with Crippen LogP contribution in [-0.4, -0.2) is 39.0 Å². The molecule has 1 N–H and O–H groups in total. The second kappa shape index (κ2) is 5.88. The molecule has 0 saturated heterocycles. The maximum absolute atomic E-state index is 12.4. The third-order valence-electron chi connectivity index (χ3n) is 2.80. The lowest BCUT2D eigenvalue weighted by atomic mass is 10.0. The Morgan fingerprint density at radius 1 is 1.53 bits per heavy atom. The fourth-order valence-corrected chi connectivity index (χ4v) is 2.14. The molecule has 0 bridgehead atoms. The summed E-state index contributed by atoms with van der Waals surface area (Å²) in [6.45, 7) is 4.90. The van der Waals surface area contributed by atoms with Gasteiger partial charge >= 0.3 is 5.97 Å². The van der Waals surface area contributed by atoms with Crippen molar-refractivity contribution in [2.24, 2.45) is 0 Å². The molecule has 1 heterocycles. The lowest BCUT2D eigenvalue weighted by molar-refractivity contribution is -0.147. The van der Waals surface area contributed by atoms with Gasteiger partial charge < -0.3 is 10.0 Å². The van der Waals surface area contributed by atoms with E-state index in [1.165, 1.54) is 31.0 Å². The number of aromatic nitrogens is 1. The van der Waals surface area contributed by atoms with E-state index >= 15 is 0 Å². The summed E-state index contributed by atoms with van der Waals surface area (Å²) in [7, 11) is 0. The fourth-order valence-electron chi connectivity index (χ4n) is 1.63. The first kappa shape index (κ1) is 15.9. The number of carbonyl (C=O) groups is 2. The number of pyridine rings is 1. The number of carbonyl (C=O) groups excluding carboxylic acids is 1. The summed E-state index contributed by atoms with van der Waals surface area (Å²) in [6.07, 6.45) is 1.47. The minimum Gasteiger partial charge on any atom is -0.480 e. The zero-order chi connectivity index (χ0) is 14.8. The number of rotatable bonds is 4. The molecule has 0 aliphatic heterocycles. The minimum absolute atomic E-state index is 0.0489. The number of amides is 1. The van der Waals surface area contributed by atoms with Gasteiger partial charge in [0.05, 0.1) is 5.56 Å². The fraction of sp³-hybridized carbons (Fsp3) is 0.417. The Balaban J connectivity index is 3.23. The molecule has 1 aromatic rings. The number of likely N-dealkylation sites (N-methyl/N-ethyl adjacent to an activating group) is 1. The van der Waals surface area contributed by atoms with Crippen molar-refractivity contribution in [1.29, 1.82) is 0 Å². The average Bonchev–Trinajstić information content (AvgIpc) is 2.32. The number of halogens is 2. The lowest BCUT2D eigenvalue weighted by Gasteiger charge is -2.34. The highest BCUT2D eigenvalue weighted by molar-refractivity contribution is 9.10. The van der Waals surface area contributed by atoms with Gasteiger partial charge in [0.25, 0.3) is 5.91 Å². The Morgan fingerprint density at radius 2 is 2.11 bits per heavy atom. The van der Waals surface area contributed by atoms with Gasteiger partial charge in [0.1, 0.15) is 10.7 Å². The molecule has 0 fully saturated rings. The molecule has 1 rings (SSSR count). The van der Waals surface area contributed by atoms with Crippen molar-refractivity contribution in [2.45, 2.75) is 26.3 Å². The Morgan fingerprint density at radius 3 is 2.58 bits per heavy atom. The molecule has 0 unspecified atom stereocenters. The predicted octanol–water partition coefficient (Wildman–Crippen LogP) is 2.82. The van der Waals surface area contributed by atoms with Crippen molar-refractivity contribution < 1.29 is 14.7 Å². The highest BCUT2D eigenvalue weighted by Gasteiger charge is 2.37. The molecule has 0 saturated carbocycles. The lowest BCUT2D eigenvalue weighted by Crippen LogP contribution is -2.53. The van der Waals surface area contributed by atoms with Gasteiger partial charge in [-0.15, -0.1) is 0 Å². The Labute approximate surface area is 124 Å². The molecule has 104 valence electrons. The van der Waals surface area contributed by atoms with Crippen LogP contribution in [0.2, 0.25) is 5.15 Å². The van der Waals surface area contributed by atoms with Crippen molar-refractivity contribution in [3.8, 4) is 0 Å². The van der Waals surface area contributed by atoms with Crippen LogP contribution in [0, 0.1) is 0 Å². The molecule has 5 nitrogen and oxygen atoms in total. The van der Waals surface area contributed by atoms with Crippen LogP contribution in [0.3, 0.4) is 0 Å². The number of hydrogen-bond acceptors (Lipinski definition) is 3. The number of hydrogen-bond donors (Lipinski definition) is 1. The van der Waals surface area contributed by atoms with E-state index in [-0.39, 0.29) is 17.3 Å². The second-order valence-corrected chi connectivity index (χ2v) is 5.68. The van der Waals surface area contributed by atoms with Crippen LogP contribution in [0.1, 0.15) is 31.1 Å². The molecule has 1 aromatic heterocycles. The van der Waals surface area contributed by atoms with Crippen LogP contribution >= 0.6 is 27.5 Å². The van der Waals surface area contributed by atoms with Gasteiger partial charge in [0, 0.05) is 17.2 Å². The first-order valence-corrected chi connectivity index (χ1v) is 6.75. The van der Waals surface area contributed by atoms with Crippen LogP contribution in [-0.2, 0) is 4.79 Å². The normalized spacial score (nSPS) is 11.2. The first-order valence-electron chi connectivity index (χ1n) is 5.58. The van der Waals surface area contributed by atoms with Crippen molar-refractivity contribution >= 4 is 39.4 Å². The van der Waals surface area contributed by atoms with Gasteiger partial charge in [-0.2, -0.15) is 0 Å². The number of nitrogens with zero attached hydrogens (tertiary/aromatic N) is 2. The SMILES string of the molecule is CCN(C(=O)c1cc(Br)cnc1Cl)C(C)(C)C(=O)O. The summed E-state index contributed by atoms with van der Waals surface area (Å²) in [4.78, 5) is 28.8. The number of aliphatic carboxylic acids is 1. The zero-order valence-electron chi connectivity index (χ0n) is 10.8. The summed E-state index contributed by atoms with van der Waals surface area (Å²) in [6, 6.07) is 1.53. The van der Waals surface area contributed by atoms with E-state index in [2.05, 4.69) is 20.9 Å². The van der Waals surface area contributed by atoms with E-state index < -0.39 is 17.4 Å². The largest absolute Gasteiger partial charge is 0.480 e. The standard InChI is InChI=1S/C12H14BrClN2O3/c1-4-16(12(2,3)11(18)19)10(17)8-5-7(13)6-15-9(8)14/h5-6H,4H2,1-3H3,(H,18,19). The third kappa shape index (κ3) is 3.25. The topological polar surface area (TPSA) is 70.5 Å². The van der Waals surface area contributed by atoms with Gasteiger partial charge in [0.2, 0.25) is 0 Å². The van der Waals surface area contributed by atoms with E-state index in [1.54, 1.807) is 6.92 Å². The molecule has 0 radical (unpaired) electrons. The van der Waals surface area contributed by atoms with Crippen molar-refractivity contribution in [3.05, 3.63) is 27.5 Å². The van der Waals surface area contributed by atoms with Gasteiger partial charge in [-0.3, -0.25) is 4.79 Å². The van der Waals surface area contributed by atoms with Gasteiger partial charge in [-0.25, -0.2) is 9.78 Å². The second-order valence-electron chi connectivity index (χ2n) is 4.41. The molecule has 7 heteroatoms. The molecule has 0 spiro atoms. The average molecular weight is 350 g/mol. The van der Waals surface area contributed by atoms with Crippen LogP contribution in [0.5, 0.6) is 0 Å². The summed E-state index contributed by atoms with van der Waals surface area (Å²) < 4.78 is 0.601.